The summed E-state index contributed by atoms with van der Waals surface area (Å²) in [7, 11) is 0. The number of aliphatic hydroxyl groups is 2. The first kappa shape index (κ1) is 12.0. The molecule has 1 aliphatic carbocycles. The third kappa shape index (κ3) is 2.96. The van der Waals surface area contributed by atoms with E-state index in [2.05, 4.69) is 6.92 Å². The summed E-state index contributed by atoms with van der Waals surface area (Å²) >= 11 is 0. The average molecular weight is 200 g/mol. The van der Waals surface area contributed by atoms with Crippen molar-refractivity contribution in [2.75, 3.05) is 13.2 Å². The SMILES string of the molecule is CCCCC1(CO)CCCC(CO)C1. The minimum absolute atomic E-state index is 0.141. The van der Waals surface area contributed by atoms with Gasteiger partial charge in [0.2, 0.25) is 0 Å². The van der Waals surface area contributed by atoms with Crippen molar-refractivity contribution >= 4 is 0 Å². The van der Waals surface area contributed by atoms with E-state index in [1.165, 1.54) is 19.3 Å². The van der Waals surface area contributed by atoms with Crippen molar-refractivity contribution in [3.63, 3.8) is 0 Å². The van der Waals surface area contributed by atoms with E-state index in [1.54, 1.807) is 0 Å². The van der Waals surface area contributed by atoms with Gasteiger partial charge >= 0.3 is 0 Å². The summed E-state index contributed by atoms with van der Waals surface area (Å²) in [5.41, 5.74) is 0.141. The van der Waals surface area contributed by atoms with Crippen LogP contribution in [0.4, 0.5) is 0 Å². The highest BCUT2D eigenvalue weighted by molar-refractivity contribution is 4.85. The summed E-state index contributed by atoms with van der Waals surface area (Å²) in [6.07, 6.45) is 8.04. The standard InChI is InChI=1S/C12H24O2/c1-2-3-6-12(10-14)7-4-5-11(8-12)9-13/h11,13-14H,2-10H2,1H3. The molecule has 2 nitrogen and oxygen atoms in total. The molecule has 2 atom stereocenters. The van der Waals surface area contributed by atoms with Crippen molar-refractivity contribution in [1.29, 1.82) is 0 Å². The molecular formula is C12H24O2. The first-order chi connectivity index (χ1) is 6.76. The molecule has 14 heavy (non-hydrogen) atoms. The number of aliphatic hydroxyl groups excluding tert-OH is 2. The van der Waals surface area contributed by atoms with E-state index >= 15 is 0 Å². The Morgan fingerprint density at radius 3 is 2.71 bits per heavy atom. The van der Waals surface area contributed by atoms with Crippen molar-refractivity contribution in [1.82, 2.24) is 0 Å². The second kappa shape index (κ2) is 5.72. The monoisotopic (exact) mass is 200 g/mol. The van der Waals surface area contributed by atoms with E-state index in [0.29, 0.717) is 19.1 Å². The molecule has 0 amide bonds. The van der Waals surface area contributed by atoms with E-state index in [0.717, 1.165) is 25.7 Å². The molecule has 0 aliphatic heterocycles. The highest BCUT2D eigenvalue weighted by atomic mass is 16.3. The van der Waals surface area contributed by atoms with Crippen LogP contribution in [0.15, 0.2) is 0 Å². The Hall–Kier alpha value is -0.0800. The second-order valence-electron chi connectivity index (χ2n) is 4.91. The maximum atomic E-state index is 9.50. The topological polar surface area (TPSA) is 40.5 Å². The zero-order chi connectivity index (χ0) is 10.4. The van der Waals surface area contributed by atoms with E-state index < -0.39 is 0 Å². The van der Waals surface area contributed by atoms with Gasteiger partial charge in [0.1, 0.15) is 0 Å². The third-order valence-electron chi connectivity index (χ3n) is 3.70. The van der Waals surface area contributed by atoms with Gasteiger partial charge in [-0.2, -0.15) is 0 Å². The predicted molar refractivity (Wildman–Crippen MR) is 58.1 cm³/mol. The average Bonchev–Trinajstić information content (AvgIpc) is 2.26. The summed E-state index contributed by atoms with van der Waals surface area (Å²) in [5, 5.41) is 18.7. The molecular weight excluding hydrogens is 176 g/mol. The van der Waals surface area contributed by atoms with Gasteiger partial charge in [0.25, 0.3) is 0 Å². The fourth-order valence-electron chi connectivity index (χ4n) is 2.74. The van der Waals surface area contributed by atoms with Crippen LogP contribution in [-0.2, 0) is 0 Å². The number of hydrogen-bond acceptors (Lipinski definition) is 2. The number of rotatable bonds is 5. The third-order valence-corrected chi connectivity index (χ3v) is 3.70. The van der Waals surface area contributed by atoms with E-state index in [1.807, 2.05) is 0 Å². The molecule has 0 saturated heterocycles. The Balaban J connectivity index is 2.49. The van der Waals surface area contributed by atoms with E-state index in [4.69, 9.17) is 5.11 Å². The van der Waals surface area contributed by atoms with Crippen molar-refractivity contribution in [3.8, 4) is 0 Å². The number of unbranched alkanes of at least 4 members (excludes halogenated alkanes) is 1. The Bertz CT molecular complexity index is 158. The first-order valence-corrected chi connectivity index (χ1v) is 5.98. The predicted octanol–water partition coefficient (Wildman–Crippen LogP) is 2.34. The van der Waals surface area contributed by atoms with Gasteiger partial charge in [0, 0.05) is 13.2 Å². The van der Waals surface area contributed by atoms with Crippen LogP contribution in [0, 0.1) is 11.3 Å². The zero-order valence-corrected chi connectivity index (χ0v) is 9.34. The second-order valence-corrected chi connectivity index (χ2v) is 4.91. The lowest BCUT2D eigenvalue weighted by Gasteiger charge is -2.39. The summed E-state index contributed by atoms with van der Waals surface area (Å²) in [5.74, 6) is 0.438. The summed E-state index contributed by atoms with van der Waals surface area (Å²) in [4.78, 5) is 0. The molecule has 2 heteroatoms. The van der Waals surface area contributed by atoms with Gasteiger partial charge in [0.15, 0.2) is 0 Å². The summed E-state index contributed by atoms with van der Waals surface area (Å²) < 4.78 is 0. The van der Waals surface area contributed by atoms with Gasteiger partial charge in [0.05, 0.1) is 0 Å². The van der Waals surface area contributed by atoms with Crippen LogP contribution in [0.1, 0.15) is 51.9 Å². The fourth-order valence-corrected chi connectivity index (χ4v) is 2.74. The van der Waals surface area contributed by atoms with Crippen molar-refractivity contribution < 1.29 is 10.2 Å². The van der Waals surface area contributed by atoms with Crippen LogP contribution in [0.2, 0.25) is 0 Å². The maximum Gasteiger partial charge on any atom is 0.0487 e. The molecule has 0 radical (unpaired) electrons. The van der Waals surface area contributed by atoms with Crippen LogP contribution >= 0.6 is 0 Å². The van der Waals surface area contributed by atoms with Crippen LogP contribution < -0.4 is 0 Å². The minimum atomic E-state index is 0.141. The lowest BCUT2D eigenvalue weighted by Crippen LogP contribution is -2.33. The molecule has 1 aliphatic rings. The highest BCUT2D eigenvalue weighted by Crippen LogP contribution is 2.42. The van der Waals surface area contributed by atoms with Gasteiger partial charge in [-0.15, -0.1) is 0 Å². The Kier molecular flexibility index (Phi) is 4.90. The number of hydrogen-bond donors (Lipinski definition) is 2. The Labute approximate surface area is 87.3 Å². The van der Waals surface area contributed by atoms with Gasteiger partial charge in [-0.3, -0.25) is 0 Å². The first-order valence-electron chi connectivity index (χ1n) is 5.98. The fraction of sp³-hybridized carbons (Fsp3) is 1.00. The Morgan fingerprint density at radius 2 is 2.14 bits per heavy atom. The maximum absolute atomic E-state index is 9.50. The molecule has 0 aromatic carbocycles. The minimum Gasteiger partial charge on any atom is -0.396 e. The zero-order valence-electron chi connectivity index (χ0n) is 9.34. The molecule has 2 unspecified atom stereocenters. The van der Waals surface area contributed by atoms with Crippen LogP contribution in [0.5, 0.6) is 0 Å². The molecule has 1 fully saturated rings. The van der Waals surface area contributed by atoms with Crippen LogP contribution in [0.3, 0.4) is 0 Å². The largest absolute Gasteiger partial charge is 0.396 e. The normalized spacial score (nSPS) is 33.2. The highest BCUT2D eigenvalue weighted by Gasteiger charge is 2.34. The van der Waals surface area contributed by atoms with Crippen molar-refractivity contribution in [3.05, 3.63) is 0 Å². The lowest BCUT2D eigenvalue weighted by atomic mass is 9.68. The molecule has 84 valence electrons. The Morgan fingerprint density at radius 1 is 1.36 bits per heavy atom. The van der Waals surface area contributed by atoms with Gasteiger partial charge < -0.3 is 10.2 Å². The summed E-state index contributed by atoms with van der Waals surface area (Å²) in [6.45, 7) is 2.80. The van der Waals surface area contributed by atoms with Gasteiger partial charge in [-0.1, -0.05) is 26.2 Å². The van der Waals surface area contributed by atoms with Gasteiger partial charge in [-0.25, -0.2) is 0 Å². The molecule has 0 aromatic heterocycles. The quantitative estimate of drug-likeness (QED) is 0.715. The van der Waals surface area contributed by atoms with Crippen molar-refractivity contribution in [2.24, 2.45) is 11.3 Å². The molecule has 0 aromatic rings. The molecule has 1 rings (SSSR count). The van der Waals surface area contributed by atoms with Gasteiger partial charge in [-0.05, 0) is 37.0 Å². The molecule has 0 heterocycles. The molecule has 0 spiro atoms. The summed E-state index contributed by atoms with van der Waals surface area (Å²) in [6, 6.07) is 0. The molecule has 2 N–H and O–H groups in total. The molecule has 1 saturated carbocycles. The molecule has 0 bridgehead atoms. The smallest absolute Gasteiger partial charge is 0.0487 e. The van der Waals surface area contributed by atoms with Crippen LogP contribution in [-0.4, -0.2) is 23.4 Å². The lowest BCUT2D eigenvalue weighted by molar-refractivity contribution is 0.0298. The van der Waals surface area contributed by atoms with Crippen LogP contribution in [0.25, 0.3) is 0 Å². The van der Waals surface area contributed by atoms with E-state index in [-0.39, 0.29) is 5.41 Å². The van der Waals surface area contributed by atoms with E-state index in [9.17, 15) is 5.11 Å². The van der Waals surface area contributed by atoms with Crippen molar-refractivity contribution in [2.45, 2.75) is 51.9 Å².